The summed E-state index contributed by atoms with van der Waals surface area (Å²) in [6.07, 6.45) is 19.8. The molecule has 1 N–H and O–H groups in total. The Kier molecular flexibility index (Phi) is 8.07. The largest absolute Gasteiger partial charge is 0.299 e. The first-order valence-corrected chi connectivity index (χ1v) is 11.0. The van der Waals surface area contributed by atoms with E-state index in [9.17, 15) is 0 Å². The van der Waals surface area contributed by atoms with Crippen LogP contribution in [0.1, 0.15) is 111 Å². The average Bonchev–Trinajstić information content (AvgIpc) is 2.81. The summed E-state index contributed by atoms with van der Waals surface area (Å²) in [6.45, 7) is 8.47. The molecule has 2 atom stereocenters. The Morgan fingerprint density at radius 3 is 2.00 bits per heavy atom. The zero-order valence-corrected chi connectivity index (χ0v) is 17.1. The maximum absolute atomic E-state index is 4.02. The highest BCUT2D eigenvalue weighted by Crippen LogP contribution is 2.51. The van der Waals surface area contributed by atoms with Crippen LogP contribution in [0.4, 0.5) is 0 Å². The van der Waals surface area contributed by atoms with Crippen molar-refractivity contribution in [2.45, 2.75) is 122 Å². The fraction of sp³-hybridized carbons (Fsp3) is 1.00. The Morgan fingerprint density at radius 2 is 1.38 bits per heavy atom. The number of hydrogen-bond donors (Lipinski definition) is 1. The van der Waals surface area contributed by atoms with Crippen LogP contribution < -0.4 is 5.32 Å². The first-order valence-electron chi connectivity index (χ1n) is 11.0. The lowest BCUT2D eigenvalue weighted by Gasteiger charge is -2.54. The van der Waals surface area contributed by atoms with Crippen LogP contribution in [0, 0.1) is 5.41 Å². The summed E-state index contributed by atoms with van der Waals surface area (Å²) in [4.78, 5) is 2.69. The van der Waals surface area contributed by atoms with E-state index in [1.807, 2.05) is 0 Å². The normalized spacial score (nSPS) is 29.2. The Bertz CT molecular complexity index is 352. The molecule has 142 valence electrons. The predicted molar refractivity (Wildman–Crippen MR) is 106 cm³/mol. The molecule has 0 aromatic heterocycles. The summed E-state index contributed by atoms with van der Waals surface area (Å²) in [7, 11) is 2.37. The topological polar surface area (TPSA) is 15.3 Å². The molecule has 0 aromatic carbocycles. The van der Waals surface area contributed by atoms with Crippen molar-refractivity contribution in [1.29, 1.82) is 0 Å². The summed E-state index contributed by atoms with van der Waals surface area (Å²) in [5.74, 6) is 0. The van der Waals surface area contributed by atoms with Crippen molar-refractivity contribution >= 4 is 0 Å². The molecule has 2 rings (SSSR count). The zero-order valence-electron chi connectivity index (χ0n) is 17.1. The molecule has 24 heavy (non-hydrogen) atoms. The summed E-state index contributed by atoms with van der Waals surface area (Å²) in [5, 5.41) is 4.02. The molecule has 2 bridgehead atoms. The molecule has 2 aliphatic heterocycles. The molecule has 0 radical (unpaired) electrons. The van der Waals surface area contributed by atoms with Gasteiger partial charge >= 0.3 is 0 Å². The first-order chi connectivity index (χ1) is 11.5. The van der Waals surface area contributed by atoms with Crippen LogP contribution >= 0.6 is 0 Å². The standard InChI is InChI=1S/C22H44N2/c1-5-6-7-8-9-10-11-12-13-14-19-23-22-18-16-20(24(22)4)15-17-21(22,2)3/h20,23H,5-19H2,1-4H3/t20-,22-/m1/s1. The Labute approximate surface area is 152 Å². The Balaban J connectivity index is 1.56. The van der Waals surface area contributed by atoms with Crippen molar-refractivity contribution in [3.05, 3.63) is 0 Å². The summed E-state index contributed by atoms with van der Waals surface area (Å²) < 4.78 is 0. The van der Waals surface area contributed by atoms with Gasteiger partial charge in [0, 0.05) is 6.04 Å². The molecule has 2 saturated heterocycles. The first kappa shape index (κ1) is 20.2. The van der Waals surface area contributed by atoms with Gasteiger partial charge in [0.1, 0.15) is 0 Å². The van der Waals surface area contributed by atoms with E-state index in [0.29, 0.717) is 5.41 Å². The van der Waals surface area contributed by atoms with Gasteiger partial charge in [0.25, 0.3) is 0 Å². The van der Waals surface area contributed by atoms with E-state index >= 15 is 0 Å². The van der Waals surface area contributed by atoms with E-state index in [0.717, 1.165) is 6.04 Å². The predicted octanol–water partition coefficient (Wildman–Crippen LogP) is 6.11. The molecule has 0 saturated carbocycles. The molecule has 2 fully saturated rings. The smallest absolute Gasteiger partial charge is 0.0765 e. The molecule has 0 aromatic rings. The molecular weight excluding hydrogens is 292 g/mol. The van der Waals surface area contributed by atoms with Crippen molar-refractivity contribution in [3.63, 3.8) is 0 Å². The van der Waals surface area contributed by atoms with Gasteiger partial charge in [-0.1, -0.05) is 78.6 Å². The van der Waals surface area contributed by atoms with E-state index in [4.69, 9.17) is 0 Å². The van der Waals surface area contributed by atoms with Gasteiger partial charge in [-0.3, -0.25) is 10.2 Å². The van der Waals surface area contributed by atoms with Gasteiger partial charge in [0.05, 0.1) is 5.66 Å². The second-order valence-electron chi connectivity index (χ2n) is 9.19. The minimum Gasteiger partial charge on any atom is -0.299 e. The molecule has 0 amide bonds. The second-order valence-corrected chi connectivity index (χ2v) is 9.19. The van der Waals surface area contributed by atoms with Crippen molar-refractivity contribution < 1.29 is 0 Å². The monoisotopic (exact) mass is 336 g/mol. The highest BCUT2D eigenvalue weighted by Gasteiger charge is 2.56. The minimum absolute atomic E-state index is 0.273. The quantitative estimate of drug-likeness (QED) is 0.433. The number of nitrogens with one attached hydrogen (secondary N) is 1. The number of unbranched alkanes of at least 4 members (excludes halogenated alkanes) is 9. The third kappa shape index (κ3) is 4.75. The maximum Gasteiger partial charge on any atom is 0.0765 e. The van der Waals surface area contributed by atoms with Gasteiger partial charge in [0.2, 0.25) is 0 Å². The van der Waals surface area contributed by atoms with E-state index in [-0.39, 0.29) is 5.66 Å². The average molecular weight is 337 g/mol. The van der Waals surface area contributed by atoms with Crippen molar-refractivity contribution in [3.8, 4) is 0 Å². The lowest BCUT2D eigenvalue weighted by Crippen LogP contribution is -2.66. The molecule has 0 spiro atoms. The van der Waals surface area contributed by atoms with E-state index < -0.39 is 0 Å². The van der Waals surface area contributed by atoms with E-state index in [1.165, 1.54) is 96.4 Å². The Morgan fingerprint density at radius 1 is 0.833 bits per heavy atom. The number of rotatable bonds is 12. The fourth-order valence-electron chi connectivity index (χ4n) is 5.31. The van der Waals surface area contributed by atoms with Gasteiger partial charge in [-0.25, -0.2) is 0 Å². The fourth-order valence-corrected chi connectivity index (χ4v) is 5.31. The second kappa shape index (κ2) is 9.57. The van der Waals surface area contributed by atoms with Gasteiger partial charge in [-0.05, 0) is 51.1 Å². The van der Waals surface area contributed by atoms with Crippen LogP contribution in [0.5, 0.6) is 0 Å². The highest BCUT2D eigenvalue weighted by atomic mass is 15.4. The van der Waals surface area contributed by atoms with Crippen LogP contribution in [0.15, 0.2) is 0 Å². The SMILES string of the molecule is CCCCCCCCCCCCN[C@@]12CC[C@@H](CCC1(C)C)N2C. The molecule has 0 aliphatic carbocycles. The van der Waals surface area contributed by atoms with Crippen molar-refractivity contribution in [2.75, 3.05) is 13.6 Å². The lowest BCUT2D eigenvalue weighted by atomic mass is 9.72. The third-order valence-electron chi connectivity index (χ3n) is 7.16. The molecule has 2 heterocycles. The van der Waals surface area contributed by atoms with Gasteiger partial charge in [-0.2, -0.15) is 0 Å². The van der Waals surface area contributed by atoms with E-state index in [2.05, 4.69) is 38.0 Å². The third-order valence-corrected chi connectivity index (χ3v) is 7.16. The summed E-state index contributed by atoms with van der Waals surface area (Å²) >= 11 is 0. The van der Waals surface area contributed by atoms with Gasteiger partial charge in [0.15, 0.2) is 0 Å². The summed E-state index contributed by atoms with van der Waals surface area (Å²) in [6, 6.07) is 0.832. The molecule has 0 unspecified atom stereocenters. The number of nitrogens with zero attached hydrogens (tertiary/aromatic N) is 1. The molecule has 2 aliphatic rings. The highest BCUT2D eigenvalue weighted by molar-refractivity contribution is 5.09. The number of fused-ring (bicyclic) bond motifs is 2. The van der Waals surface area contributed by atoms with Crippen molar-refractivity contribution in [1.82, 2.24) is 10.2 Å². The lowest BCUT2D eigenvalue weighted by molar-refractivity contribution is -0.0544. The van der Waals surface area contributed by atoms with E-state index in [1.54, 1.807) is 0 Å². The summed E-state index contributed by atoms with van der Waals surface area (Å²) in [5.41, 5.74) is 0.683. The van der Waals surface area contributed by atoms with Gasteiger partial charge in [-0.15, -0.1) is 0 Å². The van der Waals surface area contributed by atoms with Gasteiger partial charge < -0.3 is 0 Å². The van der Waals surface area contributed by atoms with Crippen LogP contribution in [-0.2, 0) is 0 Å². The van der Waals surface area contributed by atoms with Crippen LogP contribution in [0.3, 0.4) is 0 Å². The van der Waals surface area contributed by atoms with Crippen LogP contribution in [-0.4, -0.2) is 30.2 Å². The number of hydrogen-bond acceptors (Lipinski definition) is 2. The zero-order chi connectivity index (χ0) is 17.5. The van der Waals surface area contributed by atoms with Crippen LogP contribution in [0.25, 0.3) is 0 Å². The Hall–Kier alpha value is -0.0800. The minimum atomic E-state index is 0.273. The maximum atomic E-state index is 4.02. The van der Waals surface area contributed by atoms with Crippen LogP contribution in [0.2, 0.25) is 0 Å². The van der Waals surface area contributed by atoms with Crippen molar-refractivity contribution in [2.24, 2.45) is 5.41 Å². The molecule has 2 nitrogen and oxygen atoms in total. The molecular formula is C22H44N2. The number of piperidine rings is 1. The molecule has 2 heteroatoms.